The number of ketones is 1. The molecule has 0 aliphatic heterocycles. The van der Waals surface area contributed by atoms with E-state index >= 15 is 0 Å². The first-order valence-electron chi connectivity index (χ1n) is 4.73. The SMILES string of the molecule is O=C(CBr)Cc1cc(OC(F)F)cc([N+](=O)[O-])c1. The van der Waals surface area contributed by atoms with E-state index in [1.165, 1.54) is 6.07 Å². The van der Waals surface area contributed by atoms with Crippen LogP contribution in [0.4, 0.5) is 14.5 Å². The normalized spacial score (nSPS) is 10.4. The van der Waals surface area contributed by atoms with Crippen molar-refractivity contribution in [1.29, 1.82) is 0 Å². The van der Waals surface area contributed by atoms with Gasteiger partial charge in [-0.15, -0.1) is 0 Å². The Labute approximate surface area is 109 Å². The Morgan fingerprint density at radius 3 is 2.61 bits per heavy atom. The van der Waals surface area contributed by atoms with Crippen molar-refractivity contribution in [1.82, 2.24) is 0 Å². The fraction of sp³-hybridized carbons (Fsp3) is 0.300. The van der Waals surface area contributed by atoms with Crippen LogP contribution in [0, 0.1) is 10.1 Å². The molecule has 0 saturated heterocycles. The summed E-state index contributed by atoms with van der Waals surface area (Å²) in [5.74, 6) is -0.560. The third-order valence-corrected chi connectivity index (χ3v) is 2.56. The lowest BCUT2D eigenvalue weighted by Gasteiger charge is -2.06. The van der Waals surface area contributed by atoms with E-state index in [2.05, 4.69) is 20.7 Å². The Bertz CT molecular complexity index is 467. The molecule has 0 fully saturated rings. The van der Waals surface area contributed by atoms with Gasteiger partial charge in [0.15, 0.2) is 0 Å². The molecular formula is C10H8BrF2NO4. The zero-order valence-electron chi connectivity index (χ0n) is 8.94. The fourth-order valence-corrected chi connectivity index (χ4v) is 1.49. The van der Waals surface area contributed by atoms with Crippen molar-refractivity contribution in [2.75, 3.05) is 5.33 Å². The van der Waals surface area contributed by atoms with Gasteiger partial charge in [-0.25, -0.2) is 0 Å². The standard InChI is InChI=1S/C10H8BrF2NO4/c11-5-8(15)2-6-1-7(14(16)17)4-9(3-6)18-10(12)13/h1,3-4,10H,2,5H2. The average Bonchev–Trinajstić information content (AvgIpc) is 2.27. The molecule has 0 radical (unpaired) electrons. The van der Waals surface area contributed by atoms with Crippen molar-refractivity contribution < 1.29 is 23.2 Å². The van der Waals surface area contributed by atoms with E-state index in [4.69, 9.17) is 0 Å². The summed E-state index contributed by atoms with van der Waals surface area (Å²) in [5.41, 5.74) is -0.144. The van der Waals surface area contributed by atoms with Crippen LogP contribution in [0.1, 0.15) is 5.56 Å². The summed E-state index contributed by atoms with van der Waals surface area (Å²) >= 11 is 2.94. The second-order valence-corrected chi connectivity index (χ2v) is 3.88. The van der Waals surface area contributed by atoms with Crippen molar-refractivity contribution in [3.8, 4) is 5.75 Å². The van der Waals surface area contributed by atoms with E-state index in [-0.39, 0.29) is 28.8 Å². The molecule has 1 rings (SSSR count). The number of nitrogens with zero attached hydrogens (tertiary/aromatic N) is 1. The molecular weight excluding hydrogens is 316 g/mol. The summed E-state index contributed by atoms with van der Waals surface area (Å²) in [5, 5.41) is 10.7. The predicted molar refractivity (Wildman–Crippen MR) is 62.2 cm³/mol. The van der Waals surface area contributed by atoms with E-state index in [1.54, 1.807) is 0 Å². The van der Waals surface area contributed by atoms with Crippen LogP contribution in [0.25, 0.3) is 0 Å². The van der Waals surface area contributed by atoms with E-state index in [1.807, 2.05) is 0 Å². The van der Waals surface area contributed by atoms with Gasteiger partial charge < -0.3 is 4.74 Å². The van der Waals surface area contributed by atoms with Gasteiger partial charge in [-0.05, 0) is 11.6 Å². The molecule has 98 valence electrons. The van der Waals surface area contributed by atoms with Gasteiger partial charge in [0.25, 0.3) is 5.69 Å². The smallest absolute Gasteiger partial charge is 0.387 e. The lowest BCUT2D eigenvalue weighted by atomic mass is 10.1. The maximum atomic E-state index is 12.0. The van der Waals surface area contributed by atoms with Crippen molar-refractivity contribution >= 4 is 27.4 Å². The first kappa shape index (κ1) is 14.5. The van der Waals surface area contributed by atoms with Crippen LogP contribution in [-0.4, -0.2) is 22.6 Å². The molecule has 0 amide bonds. The predicted octanol–water partition coefficient (Wildman–Crippen LogP) is 2.70. The van der Waals surface area contributed by atoms with Crippen molar-refractivity contribution in [2.24, 2.45) is 0 Å². The highest BCUT2D eigenvalue weighted by atomic mass is 79.9. The van der Waals surface area contributed by atoms with Crippen LogP contribution in [0.15, 0.2) is 18.2 Å². The van der Waals surface area contributed by atoms with Crippen molar-refractivity contribution in [3.63, 3.8) is 0 Å². The van der Waals surface area contributed by atoms with E-state index in [0.29, 0.717) is 0 Å². The maximum absolute atomic E-state index is 12.0. The molecule has 0 N–H and O–H groups in total. The summed E-state index contributed by atoms with van der Waals surface area (Å²) in [6.45, 7) is -3.08. The van der Waals surface area contributed by atoms with Gasteiger partial charge in [0, 0.05) is 12.5 Å². The van der Waals surface area contributed by atoms with Crippen LogP contribution in [-0.2, 0) is 11.2 Å². The number of Topliss-reactive ketones (excluding diaryl/α,β-unsaturated/α-hetero) is 1. The van der Waals surface area contributed by atoms with Crippen LogP contribution in [0.2, 0.25) is 0 Å². The van der Waals surface area contributed by atoms with Crippen molar-refractivity contribution in [3.05, 3.63) is 33.9 Å². The number of non-ortho nitro benzene ring substituents is 1. The van der Waals surface area contributed by atoms with Gasteiger partial charge in [-0.1, -0.05) is 15.9 Å². The number of alkyl halides is 3. The third-order valence-electron chi connectivity index (χ3n) is 1.94. The molecule has 0 aromatic heterocycles. The maximum Gasteiger partial charge on any atom is 0.387 e. The van der Waals surface area contributed by atoms with Gasteiger partial charge >= 0.3 is 6.61 Å². The molecule has 8 heteroatoms. The van der Waals surface area contributed by atoms with Crippen LogP contribution in [0.3, 0.4) is 0 Å². The highest BCUT2D eigenvalue weighted by Crippen LogP contribution is 2.24. The number of rotatable bonds is 6. The van der Waals surface area contributed by atoms with Gasteiger partial charge in [0.2, 0.25) is 0 Å². The quantitative estimate of drug-likeness (QED) is 0.458. The molecule has 1 aromatic carbocycles. The number of ether oxygens (including phenoxy) is 1. The zero-order valence-corrected chi connectivity index (χ0v) is 10.5. The Hall–Kier alpha value is -1.57. The number of carbonyl (C=O) groups is 1. The highest BCUT2D eigenvalue weighted by molar-refractivity contribution is 9.09. The Morgan fingerprint density at radius 1 is 1.44 bits per heavy atom. The van der Waals surface area contributed by atoms with Gasteiger partial charge in [-0.2, -0.15) is 8.78 Å². The second-order valence-electron chi connectivity index (χ2n) is 3.32. The van der Waals surface area contributed by atoms with E-state index in [0.717, 1.165) is 12.1 Å². The minimum absolute atomic E-state index is 0.0841. The van der Waals surface area contributed by atoms with Crippen LogP contribution >= 0.6 is 15.9 Å². The zero-order chi connectivity index (χ0) is 13.7. The number of hydrogen-bond acceptors (Lipinski definition) is 4. The number of halogens is 3. The summed E-state index contributed by atoms with van der Waals surface area (Å²) < 4.78 is 28.2. The Morgan fingerprint density at radius 2 is 2.11 bits per heavy atom. The number of nitro benzene ring substituents is 1. The fourth-order valence-electron chi connectivity index (χ4n) is 1.30. The second kappa shape index (κ2) is 6.39. The Kier molecular flexibility index (Phi) is 5.14. The number of nitro groups is 1. The topological polar surface area (TPSA) is 69.4 Å². The third kappa shape index (κ3) is 4.36. The van der Waals surface area contributed by atoms with Crippen LogP contribution in [0.5, 0.6) is 5.75 Å². The molecule has 0 spiro atoms. The van der Waals surface area contributed by atoms with Gasteiger partial charge in [-0.3, -0.25) is 14.9 Å². The summed E-state index contributed by atoms with van der Waals surface area (Å²) in [4.78, 5) is 21.1. The molecule has 0 heterocycles. The summed E-state index contributed by atoms with van der Waals surface area (Å²) in [7, 11) is 0. The lowest BCUT2D eigenvalue weighted by molar-refractivity contribution is -0.385. The minimum Gasteiger partial charge on any atom is -0.435 e. The van der Waals surface area contributed by atoms with Gasteiger partial charge in [0.05, 0.1) is 16.3 Å². The van der Waals surface area contributed by atoms with E-state index < -0.39 is 17.2 Å². The van der Waals surface area contributed by atoms with Gasteiger partial charge in [0.1, 0.15) is 11.5 Å². The largest absolute Gasteiger partial charge is 0.435 e. The minimum atomic E-state index is -3.08. The molecule has 0 unspecified atom stereocenters. The Balaban J connectivity index is 3.05. The lowest BCUT2D eigenvalue weighted by Crippen LogP contribution is -2.06. The first-order chi connectivity index (χ1) is 8.42. The number of hydrogen-bond donors (Lipinski definition) is 0. The highest BCUT2D eigenvalue weighted by Gasteiger charge is 2.14. The molecule has 0 bridgehead atoms. The number of carbonyl (C=O) groups excluding carboxylic acids is 1. The monoisotopic (exact) mass is 323 g/mol. The van der Waals surface area contributed by atoms with Crippen LogP contribution < -0.4 is 4.74 Å². The summed E-state index contributed by atoms with van der Waals surface area (Å²) in [6.07, 6.45) is -0.0907. The molecule has 0 aliphatic carbocycles. The molecule has 18 heavy (non-hydrogen) atoms. The molecule has 0 atom stereocenters. The average molecular weight is 324 g/mol. The van der Waals surface area contributed by atoms with E-state index in [9.17, 15) is 23.7 Å². The molecule has 1 aromatic rings. The number of benzene rings is 1. The first-order valence-corrected chi connectivity index (χ1v) is 5.85. The molecule has 5 nitrogen and oxygen atoms in total. The molecule has 0 aliphatic rings. The summed E-state index contributed by atoms with van der Waals surface area (Å²) in [6, 6.07) is 3.22. The molecule has 0 saturated carbocycles. The van der Waals surface area contributed by atoms with Crippen molar-refractivity contribution in [2.45, 2.75) is 13.0 Å².